The van der Waals surface area contributed by atoms with E-state index >= 15 is 0 Å². The first kappa shape index (κ1) is 12.2. The first-order valence-electron chi connectivity index (χ1n) is 6.63. The smallest absolute Gasteiger partial charge is 0.252 e. The van der Waals surface area contributed by atoms with Crippen LogP contribution in [0.2, 0.25) is 0 Å². The van der Waals surface area contributed by atoms with Crippen LogP contribution in [0.4, 0.5) is 5.69 Å². The molecule has 0 spiro atoms. The first-order valence-corrected chi connectivity index (χ1v) is 6.63. The Morgan fingerprint density at radius 2 is 2.11 bits per heavy atom. The first-order chi connectivity index (χ1) is 9.15. The van der Waals surface area contributed by atoms with Crippen LogP contribution in [0.25, 0.3) is 10.9 Å². The number of pyridine rings is 1. The maximum Gasteiger partial charge on any atom is 0.252 e. The van der Waals surface area contributed by atoms with Crippen LogP contribution in [0.5, 0.6) is 0 Å². The lowest BCUT2D eigenvalue weighted by atomic mass is 9.77. The number of fused-ring (bicyclic) bond motifs is 1. The van der Waals surface area contributed by atoms with Crippen LogP contribution in [0.1, 0.15) is 19.3 Å². The lowest BCUT2D eigenvalue weighted by Gasteiger charge is -2.42. The average Bonchev–Trinajstić information content (AvgIpc) is 2.39. The Labute approximate surface area is 111 Å². The van der Waals surface area contributed by atoms with Gasteiger partial charge in [0.05, 0.1) is 17.7 Å². The van der Waals surface area contributed by atoms with Gasteiger partial charge in [-0.05, 0) is 25.3 Å². The molecule has 4 nitrogen and oxygen atoms in total. The van der Waals surface area contributed by atoms with Crippen LogP contribution in [0.3, 0.4) is 0 Å². The number of anilines is 1. The Hall–Kier alpha value is -1.81. The highest BCUT2D eigenvalue weighted by atomic mass is 16.3. The summed E-state index contributed by atoms with van der Waals surface area (Å²) in [5.74, 6) is 0. The van der Waals surface area contributed by atoms with Gasteiger partial charge in [0.25, 0.3) is 5.56 Å². The van der Waals surface area contributed by atoms with E-state index in [9.17, 15) is 9.90 Å². The molecule has 0 saturated heterocycles. The van der Waals surface area contributed by atoms with E-state index < -0.39 is 0 Å². The molecule has 0 aliphatic heterocycles. The number of benzene rings is 1. The average molecular weight is 258 g/mol. The lowest BCUT2D eigenvalue weighted by molar-refractivity contribution is 0.144. The van der Waals surface area contributed by atoms with Gasteiger partial charge in [-0.25, -0.2) is 0 Å². The molecule has 1 heterocycles. The molecule has 19 heavy (non-hydrogen) atoms. The molecule has 4 heteroatoms. The second-order valence-corrected chi connectivity index (χ2v) is 5.39. The summed E-state index contributed by atoms with van der Waals surface area (Å²) in [6.07, 6.45) is 3.02. The van der Waals surface area contributed by atoms with Gasteiger partial charge < -0.3 is 15.0 Å². The highest BCUT2D eigenvalue weighted by molar-refractivity contribution is 5.91. The molecule has 1 aliphatic rings. The van der Waals surface area contributed by atoms with Gasteiger partial charge in [-0.3, -0.25) is 4.79 Å². The van der Waals surface area contributed by atoms with Gasteiger partial charge in [0.2, 0.25) is 0 Å². The number of nitrogens with one attached hydrogen (secondary N) is 1. The van der Waals surface area contributed by atoms with E-state index in [-0.39, 0.29) is 17.7 Å². The van der Waals surface area contributed by atoms with Crippen molar-refractivity contribution < 1.29 is 5.11 Å². The molecular weight excluding hydrogens is 240 g/mol. The number of hydrogen-bond acceptors (Lipinski definition) is 3. The van der Waals surface area contributed by atoms with Crippen molar-refractivity contribution in [2.45, 2.75) is 24.8 Å². The highest BCUT2D eigenvalue weighted by Gasteiger charge is 2.36. The largest absolute Gasteiger partial charge is 0.394 e. The molecule has 0 atom stereocenters. The fourth-order valence-electron chi connectivity index (χ4n) is 2.73. The Morgan fingerprint density at radius 3 is 2.74 bits per heavy atom. The normalized spacial score (nSPS) is 17.2. The predicted octanol–water partition coefficient (Wildman–Crippen LogP) is 1.87. The van der Waals surface area contributed by atoms with Crippen LogP contribution >= 0.6 is 0 Å². The number of para-hydroxylation sites is 1. The molecule has 1 saturated carbocycles. The summed E-state index contributed by atoms with van der Waals surface area (Å²) in [6.45, 7) is 0.108. The van der Waals surface area contributed by atoms with E-state index in [1.54, 1.807) is 17.7 Å². The second kappa shape index (κ2) is 4.38. The standard InChI is InChI=1S/C15H18N2O2/c1-17-13-6-3-2-5-11(13)12(9-14(17)19)16-15(10-18)7-4-8-15/h2-3,5-6,9,16,18H,4,7-8,10H2,1H3. The molecule has 3 rings (SSSR count). The highest BCUT2D eigenvalue weighted by Crippen LogP contribution is 2.36. The summed E-state index contributed by atoms with van der Waals surface area (Å²) in [6, 6.07) is 9.45. The van der Waals surface area contributed by atoms with Gasteiger partial charge in [0.1, 0.15) is 0 Å². The monoisotopic (exact) mass is 258 g/mol. The van der Waals surface area contributed by atoms with E-state index in [1.165, 1.54) is 0 Å². The second-order valence-electron chi connectivity index (χ2n) is 5.39. The molecule has 2 aromatic rings. The maximum absolute atomic E-state index is 12.0. The number of aryl methyl sites for hydroxylation is 1. The van der Waals surface area contributed by atoms with E-state index in [0.29, 0.717) is 0 Å². The maximum atomic E-state index is 12.0. The van der Waals surface area contributed by atoms with Crippen LogP contribution in [0, 0.1) is 0 Å². The van der Waals surface area contributed by atoms with Gasteiger partial charge in [0.15, 0.2) is 0 Å². The van der Waals surface area contributed by atoms with Gasteiger partial charge in [-0.1, -0.05) is 18.2 Å². The van der Waals surface area contributed by atoms with E-state index in [0.717, 1.165) is 35.9 Å². The number of hydrogen-bond donors (Lipinski definition) is 2. The van der Waals surface area contributed by atoms with E-state index in [4.69, 9.17) is 0 Å². The third kappa shape index (κ3) is 1.92. The van der Waals surface area contributed by atoms with Gasteiger partial charge in [0, 0.05) is 24.2 Å². The lowest BCUT2D eigenvalue weighted by Crippen LogP contribution is -2.48. The topological polar surface area (TPSA) is 54.3 Å². The summed E-state index contributed by atoms with van der Waals surface area (Å²) in [5.41, 5.74) is 1.46. The summed E-state index contributed by atoms with van der Waals surface area (Å²) < 4.78 is 1.65. The zero-order chi connectivity index (χ0) is 13.5. The van der Waals surface area contributed by atoms with Gasteiger partial charge in [-0.15, -0.1) is 0 Å². The molecule has 0 unspecified atom stereocenters. The Morgan fingerprint density at radius 1 is 1.37 bits per heavy atom. The molecule has 0 radical (unpaired) electrons. The number of rotatable bonds is 3. The quantitative estimate of drug-likeness (QED) is 0.883. The predicted molar refractivity (Wildman–Crippen MR) is 76.5 cm³/mol. The minimum atomic E-state index is -0.241. The molecule has 1 aliphatic carbocycles. The van der Waals surface area contributed by atoms with Crippen molar-refractivity contribution >= 4 is 16.6 Å². The van der Waals surface area contributed by atoms with Crippen LogP contribution in [-0.4, -0.2) is 21.8 Å². The number of nitrogens with zero attached hydrogens (tertiary/aromatic N) is 1. The molecule has 0 bridgehead atoms. The van der Waals surface area contributed by atoms with Crippen molar-refractivity contribution in [2.24, 2.45) is 7.05 Å². The van der Waals surface area contributed by atoms with Gasteiger partial charge >= 0.3 is 0 Å². The van der Waals surface area contributed by atoms with Crippen molar-refractivity contribution in [1.82, 2.24) is 4.57 Å². The molecular formula is C15H18N2O2. The molecule has 100 valence electrons. The van der Waals surface area contributed by atoms with Crippen LogP contribution in [-0.2, 0) is 7.05 Å². The van der Waals surface area contributed by atoms with Crippen molar-refractivity contribution in [3.8, 4) is 0 Å². The number of aromatic nitrogens is 1. The zero-order valence-corrected chi connectivity index (χ0v) is 11.0. The van der Waals surface area contributed by atoms with Gasteiger partial charge in [-0.2, -0.15) is 0 Å². The Balaban J connectivity index is 2.13. The summed E-state index contributed by atoms with van der Waals surface area (Å²) in [4.78, 5) is 12.0. The summed E-state index contributed by atoms with van der Waals surface area (Å²) >= 11 is 0. The third-order valence-corrected chi connectivity index (χ3v) is 4.17. The van der Waals surface area contributed by atoms with Crippen molar-refractivity contribution in [1.29, 1.82) is 0 Å². The summed E-state index contributed by atoms with van der Waals surface area (Å²) in [5, 5.41) is 14.0. The third-order valence-electron chi connectivity index (χ3n) is 4.17. The van der Waals surface area contributed by atoms with Crippen LogP contribution in [0.15, 0.2) is 35.1 Å². The number of aliphatic hydroxyl groups excluding tert-OH is 1. The summed E-state index contributed by atoms with van der Waals surface area (Å²) in [7, 11) is 1.78. The van der Waals surface area contributed by atoms with Crippen molar-refractivity contribution in [3.05, 3.63) is 40.7 Å². The van der Waals surface area contributed by atoms with E-state index in [1.807, 2.05) is 24.3 Å². The van der Waals surface area contributed by atoms with Crippen molar-refractivity contribution in [2.75, 3.05) is 11.9 Å². The number of aliphatic hydroxyl groups is 1. The minimum Gasteiger partial charge on any atom is -0.394 e. The van der Waals surface area contributed by atoms with Crippen molar-refractivity contribution in [3.63, 3.8) is 0 Å². The van der Waals surface area contributed by atoms with Crippen LogP contribution < -0.4 is 10.9 Å². The Bertz CT molecular complexity index is 666. The zero-order valence-electron chi connectivity index (χ0n) is 11.0. The minimum absolute atomic E-state index is 0.0337. The molecule has 1 aromatic carbocycles. The molecule has 0 amide bonds. The van der Waals surface area contributed by atoms with E-state index in [2.05, 4.69) is 5.32 Å². The Kier molecular flexibility index (Phi) is 2.82. The fraction of sp³-hybridized carbons (Fsp3) is 0.400. The SMILES string of the molecule is Cn1c(=O)cc(NC2(CO)CCC2)c2ccccc21. The molecule has 1 aromatic heterocycles. The molecule has 1 fully saturated rings. The fourth-order valence-corrected chi connectivity index (χ4v) is 2.73. The molecule has 2 N–H and O–H groups in total.